The van der Waals surface area contributed by atoms with Gasteiger partial charge >= 0.3 is 0 Å². The maximum atomic E-state index is 5.77. The Morgan fingerprint density at radius 2 is 1.79 bits per heavy atom. The third-order valence-electron chi connectivity index (χ3n) is 1.84. The molecule has 1 aromatic carbocycles. The quantitative estimate of drug-likeness (QED) is 0.666. The van der Waals surface area contributed by atoms with Crippen molar-refractivity contribution in [2.75, 3.05) is 0 Å². The molecule has 0 fully saturated rings. The van der Waals surface area contributed by atoms with Gasteiger partial charge in [0.15, 0.2) is 0 Å². The number of alkyl halides is 3. The molecule has 0 aliphatic rings. The highest BCUT2D eigenvalue weighted by Crippen LogP contribution is 2.39. The number of rotatable bonds is 0. The molecule has 2 aromatic rings. The lowest BCUT2D eigenvalue weighted by atomic mass is 10.1. The molecule has 0 aliphatic carbocycles. The molecule has 2 rings (SSSR count). The third-order valence-corrected chi connectivity index (χ3v) is 2.38. The summed E-state index contributed by atoms with van der Waals surface area (Å²) in [7, 11) is 0. The van der Waals surface area contributed by atoms with Crippen LogP contribution in [0.15, 0.2) is 30.5 Å². The highest BCUT2D eigenvalue weighted by molar-refractivity contribution is 6.67. The van der Waals surface area contributed by atoms with Gasteiger partial charge in [-0.05, 0) is 0 Å². The van der Waals surface area contributed by atoms with Crippen LogP contribution in [0.5, 0.6) is 0 Å². The Morgan fingerprint density at radius 3 is 2.50 bits per heavy atom. The smallest absolute Gasteiger partial charge is 0.158 e. The van der Waals surface area contributed by atoms with Crippen LogP contribution in [0.4, 0.5) is 0 Å². The zero-order valence-corrected chi connectivity index (χ0v) is 9.18. The molecule has 0 N–H and O–H groups in total. The van der Waals surface area contributed by atoms with E-state index in [2.05, 4.69) is 10.2 Å². The first kappa shape index (κ1) is 9.97. The van der Waals surface area contributed by atoms with Crippen molar-refractivity contribution in [2.24, 2.45) is 0 Å². The lowest BCUT2D eigenvalue weighted by molar-refractivity contribution is 0.959. The summed E-state index contributed by atoms with van der Waals surface area (Å²) in [6.45, 7) is 0. The van der Waals surface area contributed by atoms with E-state index in [0.717, 1.165) is 10.8 Å². The zero-order chi connectivity index (χ0) is 10.2. The summed E-state index contributed by atoms with van der Waals surface area (Å²) in [5, 5.41) is 9.32. The van der Waals surface area contributed by atoms with Gasteiger partial charge in [0.1, 0.15) is 5.69 Å². The normalized spacial score (nSPS) is 11.9. The van der Waals surface area contributed by atoms with Crippen LogP contribution >= 0.6 is 34.8 Å². The van der Waals surface area contributed by atoms with E-state index in [1.807, 2.05) is 24.3 Å². The number of halogens is 3. The van der Waals surface area contributed by atoms with E-state index in [0.29, 0.717) is 5.69 Å². The van der Waals surface area contributed by atoms with Crippen LogP contribution < -0.4 is 0 Å². The molecule has 14 heavy (non-hydrogen) atoms. The molecule has 72 valence electrons. The molecule has 0 bridgehead atoms. The third kappa shape index (κ3) is 1.78. The lowest BCUT2D eigenvalue weighted by Gasteiger charge is -2.11. The molecule has 1 heterocycles. The minimum atomic E-state index is -1.53. The largest absolute Gasteiger partial charge is 0.234 e. The fourth-order valence-electron chi connectivity index (χ4n) is 1.24. The summed E-state index contributed by atoms with van der Waals surface area (Å²) in [6.07, 6.45) is 1.63. The molecule has 0 atom stereocenters. The van der Waals surface area contributed by atoms with Gasteiger partial charge in [-0.2, -0.15) is 10.2 Å². The van der Waals surface area contributed by atoms with Crippen LogP contribution in [0.3, 0.4) is 0 Å². The van der Waals surface area contributed by atoms with Gasteiger partial charge in [0, 0.05) is 10.8 Å². The summed E-state index contributed by atoms with van der Waals surface area (Å²) in [5.41, 5.74) is 0.362. The van der Waals surface area contributed by atoms with Gasteiger partial charge in [-0.1, -0.05) is 59.1 Å². The van der Waals surface area contributed by atoms with Crippen LogP contribution in [0.1, 0.15) is 5.69 Å². The Morgan fingerprint density at radius 1 is 1.07 bits per heavy atom. The molecule has 0 amide bonds. The number of fused-ring (bicyclic) bond motifs is 1. The molecule has 0 unspecified atom stereocenters. The Bertz CT molecular complexity index is 460. The minimum absolute atomic E-state index is 0.362. The van der Waals surface area contributed by atoms with Gasteiger partial charge in [0.05, 0.1) is 6.20 Å². The monoisotopic (exact) mass is 246 g/mol. The number of aromatic nitrogens is 2. The van der Waals surface area contributed by atoms with Crippen molar-refractivity contribution in [3.05, 3.63) is 36.2 Å². The molecule has 5 heteroatoms. The fraction of sp³-hybridized carbons (Fsp3) is 0.111. The molecule has 0 spiro atoms. The predicted octanol–water partition coefficient (Wildman–Crippen LogP) is 3.46. The highest BCUT2D eigenvalue weighted by Gasteiger charge is 2.27. The second-order valence-electron chi connectivity index (χ2n) is 2.78. The van der Waals surface area contributed by atoms with Crippen molar-refractivity contribution in [3.63, 3.8) is 0 Å². The second-order valence-corrected chi connectivity index (χ2v) is 5.06. The summed E-state index contributed by atoms with van der Waals surface area (Å²) < 4.78 is -1.53. The van der Waals surface area contributed by atoms with Gasteiger partial charge in [-0.15, -0.1) is 0 Å². The molecule has 0 saturated carbocycles. The van der Waals surface area contributed by atoms with Crippen LogP contribution in [-0.2, 0) is 3.79 Å². The Balaban J connectivity index is 2.78. The van der Waals surface area contributed by atoms with E-state index >= 15 is 0 Å². The Kier molecular flexibility index (Phi) is 2.52. The first-order valence-electron chi connectivity index (χ1n) is 3.86. The van der Waals surface area contributed by atoms with Crippen molar-refractivity contribution in [2.45, 2.75) is 3.79 Å². The first-order valence-corrected chi connectivity index (χ1v) is 5.00. The van der Waals surface area contributed by atoms with Gasteiger partial charge < -0.3 is 0 Å². The molecule has 1 aromatic heterocycles. The van der Waals surface area contributed by atoms with Crippen molar-refractivity contribution >= 4 is 45.6 Å². The SMILES string of the molecule is ClC(Cl)(Cl)c1nncc2ccccc12. The maximum Gasteiger partial charge on any atom is 0.234 e. The van der Waals surface area contributed by atoms with Gasteiger partial charge in [0.2, 0.25) is 3.79 Å². The maximum absolute atomic E-state index is 5.77. The molecule has 0 radical (unpaired) electrons. The average Bonchev–Trinajstić information content (AvgIpc) is 2.15. The molecular formula is C9H5Cl3N2. The fourth-order valence-corrected chi connectivity index (χ4v) is 1.66. The topological polar surface area (TPSA) is 25.8 Å². The van der Waals surface area contributed by atoms with E-state index in [4.69, 9.17) is 34.8 Å². The van der Waals surface area contributed by atoms with Crippen LogP contribution in [-0.4, -0.2) is 10.2 Å². The van der Waals surface area contributed by atoms with Gasteiger partial charge in [-0.3, -0.25) is 0 Å². The average molecular weight is 248 g/mol. The molecule has 0 saturated heterocycles. The summed E-state index contributed by atoms with van der Waals surface area (Å²) in [6, 6.07) is 7.50. The highest BCUT2D eigenvalue weighted by atomic mass is 35.6. The van der Waals surface area contributed by atoms with E-state index in [1.54, 1.807) is 6.20 Å². The van der Waals surface area contributed by atoms with E-state index in [9.17, 15) is 0 Å². The van der Waals surface area contributed by atoms with E-state index in [1.165, 1.54) is 0 Å². The standard InChI is InChI=1S/C9H5Cl3N2/c10-9(11,12)8-7-4-2-1-3-6(7)5-13-14-8/h1-5H. The zero-order valence-electron chi connectivity index (χ0n) is 6.92. The van der Waals surface area contributed by atoms with Crippen LogP contribution in [0.2, 0.25) is 0 Å². The van der Waals surface area contributed by atoms with Gasteiger partial charge in [0.25, 0.3) is 0 Å². The summed E-state index contributed by atoms with van der Waals surface area (Å²) in [5.74, 6) is 0. The molecular weight excluding hydrogens is 242 g/mol. The number of benzene rings is 1. The first-order chi connectivity index (χ1) is 6.59. The van der Waals surface area contributed by atoms with Crippen molar-refractivity contribution in [3.8, 4) is 0 Å². The molecule has 0 aliphatic heterocycles. The number of nitrogens with zero attached hydrogens (tertiary/aromatic N) is 2. The Labute approximate surface area is 95.8 Å². The predicted molar refractivity (Wildman–Crippen MR) is 58.8 cm³/mol. The van der Waals surface area contributed by atoms with Crippen molar-refractivity contribution < 1.29 is 0 Å². The van der Waals surface area contributed by atoms with E-state index < -0.39 is 3.79 Å². The number of hydrogen-bond acceptors (Lipinski definition) is 2. The minimum Gasteiger partial charge on any atom is -0.158 e. The van der Waals surface area contributed by atoms with E-state index in [-0.39, 0.29) is 0 Å². The van der Waals surface area contributed by atoms with Crippen LogP contribution in [0, 0.1) is 0 Å². The Hall–Kier alpha value is -0.570. The van der Waals surface area contributed by atoms with Gasteiger partial charge in [-0.25, -0.2) is 0 Å². The lowest BCUT2D eigenvalue weighted by Crippen LogP contribution is -2.05. The van der Waals surface area contributed by atoms with Crippen LogP contribution in [0.25, 0.3) is 10.8 Å². The summed E-state index contributed by atoms with van der Waals surface area (Å²) in [4.78, 5) is 0. The van der Waals surface area contributed by atoms with Crippen molar-refractivity contribution in [1.29, 1.82) is 0 Å². The number of hydrogen-bond donors (Lipinski definition) is 0. The summed E-state index contributed by atoms with van der Waals surface area (Å²) >= 11 is 17.3. The molecule has 2 nitrogen and oxygen atoms in total. The second kappa shape index (κ2) is 3.54. The van der Waals surface area contributed by atoms with Crippen molar-refractivity contribution in [1.82, 2.24) is 10.2 Å².